The highest BCUT2D eigenvalue weighted by atomic mass is 35.5. The lowest BCUT2D eigenvalue weighted by Gasteiger charge is -2.27. The molecule has 0 saturated heterocycles. The molecule has 6 N–H and O–H groups in total. The van der Waals surface area contributed by atoms with Crippen LogP contribution in [-0.2, 0) is 27.2 Å². The number of aryl methyl sites for hydroxylation is 1. The average molecular weight is 586 g/mol. The number of carbonyl (C=O) groups excluding carboxylic acids is 4. The van der Waals surface area contributed by atoms with Crippen LogP contribution >= 0.6 is 11.6 Å². The molecule has 0 aromatic heterocycles. The van der Waals surface area contributed by atoms with Gasteiger partial charge in [-0.25, -0.2) is 4.79 Å². The Balaban J connectivity index is 1.86. The molecule has 222 valence electrons. The Hall–Kier alpha value is -3.79. The van der Waals surface area contributed by atoms with Crippen LogP contribution in [-0.4, -0.2) is 55.5 Å². The molecule has 2 aromatic rings. The van der Waals surface area contributed by atoms with Crippen LogP contribution in [0.4, 0.5) is 4.79 Å². The van der Waals surface area contributed by atoms with E-state index in [4.69, 9.17) is 22.1 Å². The maximum Gasteiger partial charge on any atom is 0.312 e. The van der Waals surface area contributed by atoms with Gasteiger partial charge in [-0.05, 0) is 67.3 Å². The minimum atomic E-state index is -1.08. The van der Waals surface area contributed by atoms with Gasteiger partial charge in [-0.3, -0.25) is 14.4 Å². The fourth-order valence-corrected chi connectivity index (χ4v) is 4.81. The normalized spacial score (nSPS) is 21.3. The van der Waals surface area contributed by atoms with E-state index >= 15 is 0 Å². The zero-order valence-corrected chi connectivity index (χ0v) is 24.3. The third-order valence-electron chi connectivity index (χ3n) is 6.98. The van der Waals surface area contributed by atoms with Crippen LogP contribution < -0.4 is 31.7 Å². The predicted molar refractivity (Wildman–Crippen MR) is 157 cm³/mol. The van der Waals surface area contributed by atoms with Crippen molar-refractivity contribution in [3.05, 3.63) is 64.7 Å². The van der Waals surface area contributed by atoms with Crippen molar-refractivity contribution >= 4 is 35.4 Å². The Bertz CT molecular complexity index is 1190. The standard InChI is InChI=1S/C30H40ClN5O5/c1-19(2)26-29(39)35-24(18-34-30(32)40)28(38)33-15-5-8-21-7-3-4-10-25(21)41-16-6-9-22(27(37)36-26)17-20-11-13-23(31)14-12-20/h3-4,7,10-14,19,22,24,26H,5-6,8-9,15-18H2,1-2H3,(H,33,38)(H,35,39)(H,36,37)(H3,32,34,40)/t22-,24+,26-/m1/s1. The van der Waals surface area contributed by atoms with Crippen molar-refractivity contribution in [1.82, 2.24) is 21.3 Å². The second-order valence-corrected chi connectivity index (χ2v) is 11.0. The first-order valence-corrected chi connectivity index (χ1v) is 14.4. The maximum atomic E-state index is 13.6. The molecule has 3 atom stereocenters. The summed E-state index contributed by atoms with van der Waals surface area (Å²) in [6.07, 6.45) is 2.94. The molecule has 0 bridgehead atoms. The third kappa shape index (κ3) is 10.3. The maximum absolute atomic E-state index is 13.6. The van der Waals surface area contributed by atoms with Crippen molar-refractivity contribution in [1.29, 1.82) is 0 Å². The average Bonchev–Trinajstić information content (AvgIpc) is 2.94. The molecule has 1 aliphatic rings. The van der Waals surface area contributed by atoms with E-state index in [0.717, 1.165) is 16.9 Å². The largest absolute Gasteiger partial charge is 0.493 e. The first-order chi connectivity index (χ1) is 19.6. The van der Waals surface area contributed by atoms with Crippen LogP contribution in [0, 0.1) is 11.8 Å². The van der Waals surface area contributed by atoms with Gasteiger partial charge in [-0.1, -0.05) is 55.8 Å². The molecule has 41 heavy (non-hydrogen) atoms. The molecule has 0 unspecified atom stereocenters. The van der Waals surface area contributed by atoms with E-state index in [1.165, 1.54) is 0 Å². The van der Waals surface area contributed by atoms with E-state index in [2.05, 4.69) is 21.3 Å². The Labute approximate surface area is 246 Å². The SMILES string of the molecule is CC(C)[C@H]1NC(=O)[C@@H](Cc2ccc(Cl)cc2)CCCOc2ccccc2CCCNC(=O)[C@H](CNC(N)=O)NC1=O. The molecule has 0 saturated carbocycles. The van der Waals surface area contributed by atoms with Crippen LogP contribution in [0.2, 0.25) is 5.02 Å². The number of rotatable bonds is 5. The van der Waals surface area contributed by atoms with Crippen molar-refractivity contribution in [2.45, 2.75) is 58.0 Å². The fourth-order valence-electron chi connectivity index (χ4n) is 4.69. The third-order valence-corrected chi connectivity index (χ3v) is 7.23. The number of primary amides is 1. The second kappa shape index (κ2) is 15.9. The van der Waals surface area contributed by atoms with Crippen molar-refractivity contribution in [2.24, 2.45) is 17.6 Å². The molecule has 11 heteroatoms. The molecule has 1 aliphatic heterocycles. The highest BCUT2D eigenvalue weighted by molar-refractivity contribution is 6.30. The Kier molecular flexibility index (Phi) is 12.3. The monoisotopic (exact) mass is 585 g/mol. The van der Waals surface area contributed by atoms with Crippen molar-refractivity contribution in [3.63, 3.8) is 0 Å². The lowest BCUT2D eigenvalue weighted by molar-refractivity contribution is -0.134. The van der Waals surface area contributed by atoms with E-state index in [1.54, 1.807) is 12.1 Å². The summed E-state index contributed by atoms with van der Waals surface area (Å²) in [6, 6.07) is 12.3. The predicted octanol–water partition coefficient (Wildman–Crippen LogP) is 2.71. The van der Waals surface area contributed by atoms with Gasteiger partial charge in [-0.2, -0.15) is 0 Å². The first kappa shape index (κ1) is 31.7. The number of hydrogen-bond acceptors (Lipinski definition) is 5. The number of nitrogens with two attached hydrogens (primary N) is 1. The Morgan fingerprint density at radius 1 is 1.02 bits per heavy atom. The van der Waals surface area contributed by atoms with Crippen molar-refractivity contribution in [3.8, 4) is 5.75 Å². The van der Waals surface area contributed by atoms with Crippen molar-refractivity contribution in [2.75, 3.05) is 19.7 Å². The van der Waals surface area contributed by atoms with Gasteiger partial charge in [0.2, 0.25) is 17.7 Å². The number of urea groups is 1. The summed E-state index contributed by atoms with van der Waals surface area (Å²) in [5.74, 6) is -1.19. The highest BCUT2D eigenvalue weighted by Gasteiger charge is 2.31. The molecular formula is C30H40ClN5O5. The lowest BCUT2D eigenvalue weighted by Crippen LogP contribution is -2.59. The quantitative estimate of drug-likeness (QED) is 0.365. The number of ether oxygens (including phenoxy) is 1. The number of hydrogen-bond donors (Lipinski definition) is 5. The minimum Gasteiger partial charge on any atom is -0.493 e. The molecule has 1 heterocycles. The summed E-state index contributed by atoms with van der Waals surface area (Å²) in [7, 11) is 0. The van der Waals surface area contributed by atoms with Gasteiger partial charge in [0.05, 0.1) is 6.61 Å². The van der Waals surface area contributed by atoms with Crippen LogP contribution in [0.3, 0.4) is 0 Å². The summed E-state index contributed by atoms with van der Waals surface area (Å²) < 4.78 is 6.10. The Morgan fingerprint density at radius 2 is 1.76 bits per heavy atom. The molecule has 0 spiro atoms. The number of para-hydroxylation sites is 1. The number of carbonyl (C=O) groups is 4. The molecule has 2 aromatic carbocycles. The van der Waals surface area contributed by atoms with Gasteiger partial charge in [0.15, 0.2) is 0 Å². The van der Waals surface area contributed by atoms with Crippen LogP contribution in [0.15, 0.2) is 48.5 Å². The number of amides is 5. The van der Waals surface area contributed by atoms with Crippen LogP contribution in [0.25, 0.3) is 0 Å². The highest BCUT2D eigenvalue weighted by Crippen LogP contribution is 2.22. The topological polar surface area (TPSA) is 152 Å². The molecule has 5 amide bonds. The molecular weight excluding hydrogens is 546 g/mol. The lowest BCUT2D eigenvalue weighted by atomic mass is 9.92. The van der Waals surface area contributed by atoms with E-state index in [0.29, 0.717) is 50.3 Å². The van der Waals surface area contributed by atoms with Crippen LogP contribution in [0.5, 0.6) is 5.75 Å². The second-order valence-electron chi connectivity index (χ2n) is 10.6. The smallest absolute Gasteiger partial charge is 0.312 e. The van der Waals surface area contributed by atoms with Gasteiger partial charge in [0, 0.05) is 24.0 Å². The minimum absolute atomic E-state index is 0.193. The molecule has 0 fully saturated rings. The van der Waals surface area contributed by atoms with E-state index < -0.39 is 35.8 Å². The molecule has 3 rings (SSSR count). The zero-order valence-electron chi connectivity index (χ0n) is 23.6. The first-order valence-electron chi connectivity index (χ1n) is 14.0. The van der Waals surface area contributed by atoms with Gasteiger partial charge in [-0.15, -0.1) is 0 Å². The fraction of sp³-hybridized carbons (Fsp3) is 0.467. The summed E-state index contributed by atoms with van der Waals surface area (Å²) in [6.45, 7) is 4.22. The van der Waals surface area contributed by atoms with Gasteiger partial charge < -0.3 is 31.7 Å². The van der Waals surface area contributed by atoms with Gasteiger partial charge in [0.1, 0.15) is 17.8 Å². The summed E-state index contributed by atoms with van der Waals surface area (Å²) in [4.78, 5) is 51.3. The number of benzene rings is 2. The molecule has 0 aliphatic carbocycles. The van der Waals surface area contributed by atoms with Gasteiger partial charge in [0.25, 0.3) is 0 Å². The van der Waals surface area contributed by atoms with Gasteiger partial charge >= 0.3 is 6.03 Å². The molecule has 10 nitrogen and oxygen atoms in total. The summed E-state index contributed by atoms with van der Waals surface area (Å²) >= 11 is 6.05. The molecule has 0 radical (unpaired) electrons. The summed E-state index contributed by atoms with van der Waals surface area (Å²) in [5, 5.41) is 11.4. The van der Waals surface area contributed by atoms with Crippen LogP contribution in [0.1, 0.15) is 44.2 Å². The number of halogens is 1. The zero-order chi connectivity index (χ0) is 29.8. The summed E-state index contributed by atoms with van der Waals surface area (Å²) in [5.41, 5.74) is 7.17. The van der Waals surface area contributed by atoms with E-state index in [-0.39, 0.29) is 18.4 Å². The van der Waals surface area contributed by atoms with E-state index in [9.17, 15) is 19.2 Å². The number of fused-ring (bicyclic) bond motifs is 1. The Morgan fingerprint density at radius 3 is 2.46 bits per heavy atom. The van der Waals surface area contributed by atoms with Crippen molar-refractivity contribution < 1.29 is 23.9 Å². The number of nitrogens with one attached hydrogen (secondary N) is 4. The van der Waals surface area contributed by atoms with E-state index in [1.807, 2.05) is 50.2 Å².